The van der Waals surface area contributed by atoms with Gasteiger partial charge in [0.15, 0.2) is 6.29 Å². The van der Waals surface area contributed by atoms with Gasteiger partial charge in [0, 0.05) is 0 Å². The van der Waals surface area contributed by atoms with Crippen LogP contribution >= 0.6 is 0 Å². The van der Waals surface area contributed by atoms with Gasteiger partial charge >= 0.3 is 0 Å². The second-order valence-corrected chi connectivity index (χ2v) is 17.9. The van der Waals surface area contributed by atoms with Crippen molar-refractivity contribution < 1.29 is 50.0 Å². The number of aliphatic hydroxyl groups excluding tert-OH is 7. The molecule has 0 aromatic carbocycles. The third-order valence-corrected chi connectivity index (χ3v) is 12.3. The van der Waals surface area contributed by atoms with Crippen LogP contribution in [0.3, 0.4) is 0 Å². The zero-order chi connectivity index (χ0) is 44.8. The molecule has 0 aromatic rings. The van der Waals surface area contributed by atoms with Crippen LogP contribution in [0.15, 0.2) is 24.3 Å². The average molecular weight is 870 g/mol. The Hall–Kier alpha value is -1.41. The number of carbonyl (C=O) groups is 1. The van der Waals surface area contributed by atoms with Crippen molar-refractivity contribution in [3.63, 3.8) is 0 Å². The first-order valence-electron chi connectivity index (χ1n) is 25.2. The van der Waals surface area contributed by atoms with Gasteiger partial charge in [0.2, 0.25) is 5.91 Å². The Morgan fingerprint density at radius 3 is 1.46 bits per heavy atom. The Morgan fingerprint density at radius 2 is 1.00 bits per heavy atom. The number of hydrogen-bond donors (Lipinski definition) is 8. The summed E-state index contributed by atoms with van der Waals surface area (Å²) in [5, 5.41) is 75.5. The van der Waals surface area contributed by atoms with Crippen LogP contribution in [-0.4, -0.2) is 110 Å². The maximum absolute atomic E-state index is 13.1. The van der Waals surface area contributed by atoms with Gasteiger partial charge in [-0.25, -0.2) is 0 Å². The van der Waals surface area contributed by atoms with Crippen LogP contribution < -0.4 is 5.32 Å². The quantitative estimate of drug-likeness (QED) is 0.0217. The van der Waals surface area contributed by atoms with E-state index >= 15 is 0 Å². The van der Waals surface area contributed by atoms with E-state index in [-0.39, 0.29) is 6.42 Å². The van der Waals surface area contributed by atoms with Gasteiger partial charge in [-0.2, -0.15) is 0 Å². The second-order valence-electron chi connectivity index (χ2n) is 17.9. The van der Waals surface area contributed by atoms with Gasteiger partial charge in [-0.3, -0.25) is 4.79 Å². The molecule has 1 aliphatic heterocycles. The molecule has 0 radical (unpaired) electrons. The van der Waals surface area contributed by atoms with Crippen LogP contribution in [0.1, 0.15) is 219 Å². The Morgan fingerprint density at radius 1 is 0.574 bits per heavy atom. The standard InChI is InChI=1S/C50H95NO10/c1-3-5-7-9-11-13-14-15-16-17-18-19-20-21-22-23-24-25-26-27-28-29-30-32-34-36-38-43(54)49(59)51-41(40-60-50-48(58)47(57)46(56)44(39-52)61-50)45(55)42(53)37-35-33-31-12-10-8-6-4-2/h18-19,21-22,41-48,50,52-58H,3-17,20,23-40H2,1-2H3,(H,51,59)/b19-18-,22-21-. The summed E-state index contributed by atoms with van der Waals surface area (Å²) in [4.78, 5) is 13.1. The monoisotopic (exact) mass is 870 g/mol. The fourth-order valence-electron chi connectivity index (χ4n) is 8.06. The number of hydrogen-bond acceptors (Lipinski definition) is 10. The topological polar surface area (TPSA) is 189 Å². The molecule has 0 saturated carbocycles. The lowest BCUT2D eigenvalue weighted by Crippen LogP contribution is -2.60. The molecule has 0 bridgehead atoms. The number of rotatable bonds is 42. The molecule has 9 unspecified atom stereocenters. The van der Waals surface area contributed by atoms with Crippen LogP contribution in [0.2, 0.25) is 0 Å². The zero-order valence-electron chi connectivity index (χ0n) is 38.9. The molecule has 1 heterocycles. The van der Waals surface area contributed by atoms with Crippen molar-refractivity contribution >= 4 is 5.91 Å². The van der Waals surface area contributed by atoms with Crippen LogP contribution in [0, 0.1) is 0 Å². The van der Waals surface area contributed by atoms with E-state index in [1.807, 2.05) is 0 Å². The molecule has 9 atom stereocenters. The van der Waals surface area contributed by atoms with Crippen LogP contribution in [0.25, 0.3) is 0 Å². The lowest BCUT2D eigenvalue weighted by atomic mass is 9.98. The van der Waals surface area contributed by atoms with Crippen LogP contribution in [-0.2, 0) is 14.3 Å². The minimum absolute atomic E-state index is 0.257. The fourth-order valence-corrected chi connectivity index (χ4v) is 8.06. The predicted molar refractivity (Wildman–Crippen MR) is 247 cm³/mol. The highest BCUT2D eigenvalue weighted by Gasteiger charge is 2.44. The predicted octanol–water partition coefficient (Wildman–Crippen LogP) is 9.01. The van der Waals surface area contributed by atoms with E-state index in [0.29, 0.717) is 19.3 Å². The van der Waals surface area contributed by atoms with Crippen molar-refractivity contribution in [2.45, 2.75) is 274 Å². The van der Waals surface area contributed by atoms with E-state index in [1.165, 1.54) is 128 Å². The molecule has 1 fully saturated rings. The van der Waals surface area contributed by atoms with Gasteiger partial charge in [0.25, 0.3) is 0 Å². The number of carbonyl (C=O) groups excluding carboxylic acids is 1. The number of allylic oxidation sites excluding steroid dienone is 4. The van der Waals surface area contributed by atoms with E-state index in [2.05, 4.69) is 43.5 Å². The van der Waals surface area contributed by atoms with Gasteiger partial charge < -0.3 is 50.5 Å². The highest BCUT2D eigenvalue weighted by molar-refractivity contribution is 5.80. The maximum atomic E-state index is 13.1. The van der Waals surface area contributed by atoms with E-state index in [9.17, 15) is 40.5 Å². The van der Waals surface area contributed by atoms with Crippen LogP contribution in [0.5, 0.6) is 0 Å². The Kier molecular flexibility index (Phi) is 37.9. The summed E-state index contributed by atoms with van der Waals surface area (Å²) in [6.07, 6.45) is 34.0. The van der Waals surface area contributed by atoms with Crippen molar-refractivity contribution in [2.24, 2.45) is 0 Å². The Labute approximate surface area is 372 Å². The van der Waals surface area contributed by atoms with Crippen molar-refractivity contribution in [1.82, 2.24) is 5.32 Å². The summed E-state index contributed by atoms with van der Waals surface area (Å²) < 4.78 is 11.1. The fraction of sp³-hybridized carbons (Fsp3) is 0.900. The molecular weight excluding hydrogens is 775 g/mol. The van der Waals surface area contributed by atoms with Crippen molar-refractivity contribution in [3.8, 4) is 0 Å². The highest BCUT2D eigenvalue weighted by Crippen LogP contribution is 2.23. The largest absolute Gasteiger partial charge is 0.394 e. The molecule has 0 spiro atoms. The first kappa shape index (κ1) is 57.6. The van der Waals surface area contributed by atoms with Gasteiger partial charge in [0.1, 0.15) is 36.6 Å². The molecular formula is C50H95NO10. The third-order valence-electron chi connectivity index (χ3n) is 12.3. The molecule has 61 heavy (non-hydrogen) atoms. The van der Waals surface area contributed by atoms with Gasteiger partial charge in [-0.15, -0.1) is 0 Å². The summed E-state index contributed by atoms with van der Waals surface area (Å²) in [6.45, 7) is 3.40. The molecule has 0 aromatic heterocycles. The molecule has 1 rings (SSSR count). The second kappa shape index (κ2) is 40.1. The third kappa shape index (κ3) is 29.6. The molecule has 11 nitrogen and oxygen atoms in total. The van der Waals surface area contributed by atoms with Gasteiger partial charge in [-0.05, 0) is 44.9 Å². The summed E-state index contributed by atoms with van der Waals surface area (Å²) in [6, 6.07) is -1.17. The lowest BCUT2D eigenvalue weighted by Gasteiger charge is -2.40. The summed E-state index contributed by atoms with van der Waals surface area (Å²) in [5.74, 6) is -0.701. The van der Waals surface area contributed by atoms with Crippen LogP contribution in [0.4, 0.5) is 0 Å². The maximum Gasteiger partial charge on any atom is 0.249 e. The first-order valence-corrected chi connectivity index (χ1v) is 25.2. The SMILES string of the molecule is CCCCCCCCCCC/C=C\C/C=C\CCCCCCCCCCCCC(O)C(=O)NC(COC1OC(CO)C(O)C(O)C1O)C(O)C(O)CCCCCCCCCC. The minimum atomic E-state index is -1.66. The first-order chi connectivity index (χ1) is 29.7. The highest BCUT2D eigenvalue weighted by atomic mass is 16.7. The van der Waals surface area contributed by atoms with E-state index < -0.39 is 74.2 Å². The number of nitrogens with one attached hydrogen (secondary N) is 1. The lowest BCUT2D eigenvalue weighted by molar-refractivity contribution is -0.303. The van der Waals surface area contributed by atoms with E-state index in [1.54, 1.807) is 0 Å². The molecule has 1 amide bonds. The van der Waals surface area contributed by atoms with Gasteiger partial charge in [0.05, 0.1) is 25.4 Å². The normalized spacial score (nSPS) is 21.6. The minimum Gasteiger partial charge on any atom is -0.394 e. The molecule has 11 heteroatoms. The number of aliphatic hydroxyl groups is 7. The van der Waals surface area contributed by atoms with Crippen molar-refractivity contribution in [1.29, 1.82) is 0 Å². The summed E-state index contributed by atoms with van der Waals surface area (Å²) >= 11 is 0. The molecule has 1 saturated heterocycles. The summed E-state index contributed by atoms with van der Waals surface area (Å²) in [7, 11) is 0. The number of unbranched alkanes of at least 4 members (excludes halogenated alkanes) is 26. The number of ether oxygens (including phenoxy) is 2. The average Bonchev–Trinajstić information content (AvgIpc) is 3.26. The van der Waals surface area contributed by atoms with E-state index in [4.69, 9.17) is 9.47 Å². The Balaban J connectivity index is 2.27. The molecule has 0 aliphatic carbocycles. The van der Waals surface area contributed by atoms with Gasteiger partial charge in [-0.1, -0.05) is 199 Å². The molecule has 360 valence electrons. The van der Waals surface area contributed by atoms with Crippen molar-refractivity contribution in [3.05, 3.63) is 24.3 Å². The summed E-state index contributed by atoms with van der Waals surface area (Å²) in [5.41, 5.74) is 0. The Bertz CT molecular complexity index is 1040. The van der Waals surface area contributed by atoms with E-state index in [0.717, 1.165) is 51.4 Å². The molecule has 8 N–H and O–H groups in total. The van der Waals surface area contributed by atoms with Crippen molar-refractivity contribution in [2.75, 3.05) is 13.2 Å². The smallest absolute Gasteiger partial charge is 0.249 e. The molecule has 1 aliphatic rings. The zero-order valence-corrected chi connectivity index (χ0v) is 38.9. The number of amides is 1.